The number of aromatic nitrogens is 4. The van der Waals surface area contributed by atoms with Gasteiger partial charge in [-0.15, -0.1) is 5.10 Å². The first-order valence-electron chi connectivity index (χ1n) is 8.85. The molecule has 0 spiro atoms. The molecular weight excluding hydrogens is 346 g/mol. The van der Waals surface area contributed by atoms with Crippen LogP contribution in [0.3, 0.4) is 0 Å². The maximum absolute atomic E-state index is 12.5. The summed E-state index contributed by atoms with van der Waals surface area (Å²) in [5, 5.41) is 14.8. The number of amides is 1. The van der Waals surface area contributed by atoms with Crippen LogP contribution in [0.1, 0.15) is 18.9 Å². The fourth-order valence-electron chi connectivity index (χ4n) is 3.02. The Labute approximate surface area is 155 Å². The van der Waals surface area contributed by atoms with E-state index in [0.717, 1.165) is 24.2 Å². The molecular formula is C19H17N5O3. The van der Waals surface area contributed by atoms with Gasteiger partial charge in [0.05, 0.1) is 6.04 Å². The third kappa shape index (κ3) is 3.10. The Morgan fingerprint density at radius 3 is 2.63 bits per heavy atom. The number of tetrazole rings is 1. The number of nitrogens with zero attached hydrogens (tertiary/aromatic N) is 4. The molecule has 0 radical (unpaired) electrons. The lowest BCUT2D eigenvalue weighted by Crippen LogP contribution is -2.40. The summed E-state index contributed by atoms with van der Waals surface area (Å²) in [4.78, 5) is 12.5. The number of hydrogen-bond acceptors (Lipinski definition) is 6. The molecule has 2 heterocycles. The SMILES string of the molecule is O=C(Nc1ccc(-c2nnnn2C2CC2)cc1)C1COc2ccccc2O1. The van der Waals surface area contributed by atoms with Crippen LogP contribution in [0.25, 0.3) is 11.4 Å². The topological polar surface area (TPSA) is 91.2 Å². The van der Waals surface area contributed by atoms with Crippen LogP contribution in [-0.2, 0) is 4.79 Å². The fraction of sp³-hybridized carbons (Fsp3) is 0.263. The Kier molecular flexibility index (Phi) is 3.74. The number of carbonyl (C=O) groups excluding carboxylic acids is 1. The highest BCUT2D eigenvalue weighted by Gasteiger charge is 2.29. The van der Waals surface area contributed by atoms with Gasteiger partial charge in [0, 0.05) is 11.3 Å². The standard InChI is InChI=1S/C19H17N5O3/c25-19(17-11-26-15-3-1-2-4-16(15)27-17)20-13-7-5-12(6-8-13)18-21-22-23-24(18)14-9-10-14/h1-8,14,17H,9-11H2,(H,20,25). The molecule has 1 unspecified atom stereocenters. The van der Waals surface area contributed by atoms with Gasteiger partial charge in [0.15, 0.2) is 17.3 Å². The zero-order valence-corrected chi connectivity index (χ0v) is 14.4. The second-order valence-corrected chi connectivity index (χ2v) is 6.61. The van der Waals surface area contributed by atoms with Crippen molar-refractivity contribution in [2.24, 2.45) is 0 Å². The summed E-state index contributed by atoms with van der Waals surface area (Å²) in [6.07, 6.45) is 1.53. The van der Waals surface area contributed by atoms with Crippen LogP contribution < -0.4 is 14.8 Å². The molecule has 1 aromatic heterocycles. The van der Waals surface area contributed by atoms with Gasteiger partial charge < -0.3 is 14.8 Å². The van der Waals surface area contributed by atoms with Crippen LogP contribution in [0.15, 0.2) is 48.5 Å². The summed E-state index contributed by atoms with van der Waals surface area (Å²) in [7, 11) is 0. The third-order valence-corrected chi connectivity index (χ3v) is 4.60. The van der Waals surface area contributed by atoms with Crippen molar-refractivity contribution in [3.05, 3.63) is 48.5 Å². The van der Waals surface area contributed by atoms with Crippen LogP contribution in [0, 0.1) is 0 Å². The number of benzene rings is 2. The van der Waals surface area contributed by atoms with E-state index < -0.39 is 6.10 Å². The van der Waals surface area contributed by atoms with E-state index in [1.165, 1.54) is 0 Å². The van der Waals surface area contributed by atoms with Crippen molar-refractivity contribution in [1.29, 1.82) is 0 Å². The van der Waals surface area contributed by atoms with E-state index in [9.17, 15) is 4.79 Å². The van der Waals surface area contributed by atoms with Gasteiger partial charge in [-0.2, -0.15) is 0 Å². The Bertz CT molecular complexity index is 981. The molecule has 8 nitrogen and oxygen atoms in total. The van der Waals surface area contributed by atoms with E-state index in [4.69, 9.17) is 9.47 Å². The molecule has 1 aliphatic carbocycles. The van der Waals surface area contributed by atoms with E-state index in [2.05, 4.69) is 20.8 Å². The van der Waals surface area contributed by atoms with E-state index in [-0.39, 0.29) is 12.5 Å². The number of ether oxygens (including phenoxy) is 2. The van der Waals surface area contributed by atoms with E-state index in [1.54, 1.807) is 6.07 Å². The van der Waals surface area contributed by atoms with Gasteiger partial charge in [-0.3, -0.25) is 4.79 Å². The van der Waals surface area contributed by atoms with Gasteiger partial charge in [0.25, 0.3) is 5.91 Å². The molecule has 136 valence electrons. The van der Waals surface area contributed by atoms with Gasteiger partial charge >= 0.3 is 0 Å². The Morgan fingerprint density at radius 2 is 1.85 bits per heavy atom. The van der Waals surface area contributed by atoms with Crippen molar-refractivity contribution in [2.75, 3.05) is 11.9 Å². The lowest BCUT2D eigenvalue weighted by molar-refractivity contribution is -0.125. The van der Waals surface area contributed by atoms with E-state index >= 15 is 0 Å². The molecule has 1 aliphatic heterocycles. The van der Waals surface area contributed by atoms with Crippen molar-refractivity contribution >= 4 is 11.6 Å². The highest BCUT2D eigenvalue weighted by atomic mass is 16.6. The summed E-state index contributed by atoms with van der Waals surface area (Å²) < 4.78 is 13.2. The third-order valence-electron chi connectivity index (χ3n) is 4.60. The highest BCUT2D eigenvalue weighted by molar-refractivity contribution is 5.94. The van der Waals surface area contributed by atoms with Crippen LogP contribution in [0.2, 0.25) is 0 Å². The normalized spacial score (nSPS) is 18.1. The molecule has 1 atom stereocenters. The summed E-state index contributed by atoms with van der Waals surface area (Å²) in [5.74, 6) is 1.72. The maximum atomic E-state index is 12.5. The van der Waals surface area contributed by atoms with Gasteiger partial charge in [0.2, 0.25) is 6.10 Å². The smallest absolute Gasteiger partial charge is 0.269 e. The first kappa shape index (κ1) is 15.8. The number of fused-ring (bicyclic) bond motifs is 1. The first-order valence-corrected chi connectivity index (χ1v) is 8.85. The summed E-state index contributed by atoms with van der Waals surface area (Å²) in [6.45, 7) is 0.178. The number of carbonyl (C=O) groups is 1. The monoisotopic (exact) mass is 363 g/mol. The molecule has 1 N–H and O–H groups in total. The van der Waals surface area contributed by atoms with Crippen molar-refractivity contribution in [3.8, 4) is 22.9 Å². The molecule has 1 fully saturated rings. The number of nitrogens with one attached hydrogen (secondary N) is 1. The second-order valence-electron chi connectivity index (χ2n) is 6.61. The number of hydrogen-bond donors (Lipinski definition) is 1. The molecule has 0 bridgehead atoms. The number of anilines is 1. The predicted molar refractivity (Wildman–Crippen MR) is 96.5 cm³/mol. The molecule has 5 rings (SSSR count). The van der Waals surface area contributed by atoms with Crippen LogP contribution in [0.5, 0.6) is 11.5 Å². The zero-order valence-electron chi connectivity index (χ0n) is 14.4. The minimum Gasteiger partial charge on any atom is -0.485 e. The average Bonchev–Trinajstić information content (AvgIpc) is 3.44. The molecule has 27 heavy (non-hydrogen) atoms. The van der Waals surface area contributed by atoms with Gasteiger partial charge in [0.1, 0.15) is 6.61 Å². The van der Waals surface area contributed by atoms with Crippen molar-refractivity contribution < 1.29 is 14.3 Å². The lowest BCUT2D eigenvalue weighted by Gasteiger charge is -2.25. The van der Waals surface area contributed by atoms with Gasteiger partial charge in [-0.05, 0) is 59.7 Å². The highest BCUT2D eigenvalue weighted by Crippen LogP contribution is 2.36. The van der Waals surface area contributed by atoms with E-state index in [0.29, 0.717) is 23.2 Å². The Hall–Kier alpha value is -3.42. The van der Waals surface area contributed by atoms with Crippen LogP contribution in [0.4, 0.5) is 5.69 Å². The van der Waals surface area contributed by atoms with Gasteiger partial charge in [-0.1, -0.05) is 12.1 Å². The Morgan fingerprint density at radius 1 is 1.07 bits per heavy atom. The molecule has 1 saturated carbocycles. The molecule has 8 heteroatoms. The minimum atomic E-state index is -0.693. The first-order chi connectivity index (χ1) is 13.3. The molecule has 1 amide bonds. The fourth-order valence-corrected chi connectivity index (χ4v) is 3.02. The Balaban J connectivity index is 1.27. The van der Waals surface area contributed by atoms with Crippen LogP contribution in [-0.4, -0.2) is 38.8 Å². The van der Waals surface area contributed by atoms with Crippen molar-refractivity contribution in [2.45, 2.75) is 25.0 Å². The number of para-hydroxylation sites is 2. The van der Waals surface area contributed by atoms with E-state index in [1.807, 2.05) is 47.1 Å². The number of rotatable bonds is 4. The molecule has 2 aromatic carbocycles. The zero-order chi connectivity index (χ0) is 18.2. The largest absolute Gasteiger partial charge is 0.485 e. The minimum absolute atomic E-state index is 0.178. The quantitative estimate of drug-likeness (QED) is 0.766. The summed E-state index contributed by atoms with van der Waals surface area (Å²) in [5.41, 5.74) is 1.59. The molecule has 3 aromatic rings. The molecule has 0 saturated heterocycles. The summed E-state index contributed by atoms with van der Waals surface area (Å²) >= 11 is 0. The summed E-state index contributed by atoms with van der Waals surface area (Å²) in [6, 6.07) is 15.2. The van der Waals surface area contributed by atoms with Crippen LogP contribution >= 0.6 is 0 Å². The lowest BCUT2D eigenvalue weighted by atomic mass is 10.2. The maximum Gasteiger partial charge on any atom is 0.269 e. The average molecular weight is 363 g/mol. The predicted octanol–water partition coefficient (Wildman–Crippen LogP) is 2.45. The molecule has 2 aliphatic rings. The van der Waals surface area contributed by atoms with Crippen molar-refractivity contribution in [3.63, 3.8) is 0 Å². The van der Waals surface area contributed by atoms with Gasteiger partial charge in [-0.25, -0.2) is 4.68 Å². The second kappa shape index (κ2) is 6.39. The van der Waals surface area contributed by atoms with Crippen molar-refractivity contribution in [1.82, 2.24) is 20.2 Å².